The molecule has 1 saturated carbocycles. The van der Waals surface area contributed by atoms with Gasteiger partial charge in [-0.05, 0) is 42.7 Å². The van der Waals surface area contributed by atoms with Crippen LogP contribution in [0, 0.1) is 5.92 Å². The van der Waals surface area contributed by atoms with Crippen LogP contribution < -0.4 is 5.32 Å². The van der Waals surface area contributed by atoms with E-state index in [0.717, 1.165) is 6.42 Å². The molecule has 21 heavy (non-hydrogen) atoms. The number of rotatable bonds is 3. The van der Waals surface area contributed by atoms with E-state index in [-0.39, 0.29) is 12.1 Å². The maximum Gasteiger partial charge on any atom is 0.238 e. The summed E-state index contributed by atoms with van der Waals surface area (Å²) in [6, 6.07) is 9.00. The lowest BCUT2D eigenvalue weighted by Crippen LogP contribution is -2.44. The van der Waals surface area contributed by atoms with Crippen LogP contribution in [0.2, 0.25) is 0 Å². The van der Waals surface area contributed by atoms with Gasteiger partial charge in [-0.3, -0.25) is 10.1 Å². The maximum absolute atomic E-state index is 12.4. The molecule has 3 unspecified atom stereocenters. The molecule has 1 N–H and O–H groups in total. The number of carbonyl (C=O) groups excluding carboxylic acids is 1. The van der Waals surface area contributed by atoms with Crippen molar-refractivity contribution in [1.82, 2.24) is 10.2 Å². The van der Waals surface area contributed by atoms with E-state index >= 15 is 0 Å². The second-order valence-corrected chi connectivity index (χ2v) is 7.07. The Morgan fingerprint density at radius 3 is 2.57 bits per heavy atom. The summed E-state index contributed by atoms with van der Waals surface area (Å²) in [5.74, 6) is 0.864. The first-order valence-corrected chi connectivity index (χ1v) is 9.11. The first kappa shape index (κ1) is 14.9. The lowest BCUT2D eigenvalue weighted by Gasteiger charge is -2.39. The van der Waals surface area contributed by atoms with Crippen LogP contribution in [0.25, 0.3) is 0 Å². The van der Waals surface area contributed by atoms with E-state index in [9.17, 15) is 4.79 Å². The molecule has 3 atom stereocenters. The maximum atomic E-state index is 12.4. The van der Waals surface area contributed by atoms with Gasteiger partial charge in [0, 0.05) is 10.9 Å². The minimum absolute atomic E-state index is 0.0546. The quantitative estimate of drug-likeness (QED) is 0.869. The zero-order chi connectivity index (χ0) is 14.8. The summed E-state index contributed by atoms with van der Waals surface area (Å²) >= 11 is 1.75. The molecule has 114 valence electrons. The first-order chi connectivity index (χ1) is 10.2. The van der Waals surface area contributed by atoms with Crippen LogP contribution in [0.3, 0.4) is 0 Å². The van der Waals surface area contributed by atoms with Crippen LogP contribution in [-0.2, 0) is 4.79 Å². The Kier molecular flexibility index (Phi) is 4.55. The second kappa shape index (κ2) is 6.41. The average Bonchev–Trinajstić information content (AvgIpc) is 2.89. The monoisotopic (exact) mass is 304 g/mol. The van der Waals surface area contributed by atoms with E-state index in [1.54, 1.807) is 11.8 Å². The minimum atomic E-state index is 0.0546. The Balaban J connectivity index is 1.84. The van der Waals surface area contributed by atoms with Gasteiger partial charge in [-0.1, -0.05) is 31.9 Å². The van der Waals surface area contributed by atoms with Gasteiger partial charge < -0.3 is 4.90 Å². The molecule has 1 saturated heterocycles. The summed E-state index contributed by atoms with van der Waals surface area (Å²) in [4.78, 5) is 15.8. The van der Waals surface area contributed by atoms with Gasteiger partial charge in [-0.2, -0.15) is 0 Å². The van der Waals surface area contributed by atoms with Gasteiger partial charge in [0.05, 0.1) is 6.54 Å². The second-order valence-electron chi connectivity index (χ2n) is 6.19. The van der Waals surface area contributed by atoms with E-state index in [2.05, 4.69) is 47.7 Å². The fourth-order valence-corrected chi connectivity index (χ4v) is 4.08. The number of thioether (sulfide) groups is 1. The molecule has 0 bridgehead atoms. The van der Waals surface area contributed by atoms with Crippen molar-refractivity contribution < 1.29 is 4.79 Å². The molecule has 4 heteroatoms. The predicted octanol–water partition coefficient (Wildman–Crippen LogP) is 3.42. The molecule has 1 aromatic rings. The van der Waals surface area contributed by atoms with Gasteiger partial charge in [0.1, 0.15) is 6.17 Å². The number of hydrogen-bond donors (Lipinski definition) is 1. The highest BCUT2D eigenvalue weighted by Gasteiger charge is 2.39. The molecule has 3 nitrogen and oxygen atoms in total. The summed E-state index contributed by atoms with van der Waals surface area (Å²) in [5, 5.41) is 3.40. The van der Waals surface area contributed by atoms with E-state index in [1.807, 2.05) is 0 Å². The van der Waals surface area contributed by atoms with E-state index in [0.29, 0.717) is 18.5 Å². The van der Waals surface area contributed by atoms with Crippen molar-refractivity contribution in [2.45, 2.75) is 49.7 Å². The summed E-state index contributed by atoms with van der Waals surface area (Å²) < 4.78 is 0. The topological polar surface area (TPSA) is 32.3 Å². The van der Waals surface area contributed by atoms with Crippen molar-refractivity contribution in [3.05, 3.63) is 29.8 Å². The highest BCUT2D eigenvalue weighted by Crippen LogP contribution is 2.35. The van der Waals surface area contributed by atoms with Gasteiger partial charge in [0.15, 0.2) is 0 Å². The number of nitrogens with zero attached hydrogens (tertiary/aromatic N) is 1. The molecule has 1 amide bonds. The van der Waals surface area contributed by atoms with Crippen LogP contribution >= 0.6 is 11.8 Å². The van der Waals surface area contributed by atoms with Crippen molar-refractivity contribution >= 4 is 17.7 Å². The van der Waals surface area contributed by atoms with Gasteiger partial charge in [-0.15, -0.1) is 11.8 Å². The molecule has 3 rings (SSSR count). The largest absolute Gasteiger partial charge is 0.319 e. The lowest BCUT2D eigenvalue weighted by atomic mass is 9.84. The molecule has 1 aromatic carbocycles. The Hall–Kier alpha value is -1.00. The van der Waals surface area contributed by atoms with E-state index in [4.69, 9.17) is 0 Å². The number of hydrogen-bond acceptors (Lipinski definition) is 3. The summed E-state index contributed by atoms with van der Waals surface area (Å²) in [6.45, 7) is 2.77. The van der Waals surface area contributed by atoms with Gasteiger partial charge >= 0.3 is 0 Å². The minimum Gasteiger partial charge on any atom is -0.319 e. The molecular weight excluding hydrogens is 280 g/mol. The van der Waals surface area contributed by atoms with Crippen molar-refractivity contribution in [2.24, 2.45) is 5.92 Å². The molecule has 2 fully saturated rings. The lowest BCUT2D eigenvalue weighted by molar-refractivity contribution is -0.132. The van der Waals surface area contributed by atoms with Crippen LogP contribution in [0.4, 0.5) is 0 Å². The molecule has 1 aliphatic heterocycles. The fraction of sp³-hybridized carbons (Fsp3) is 0.588. The predicted molar refractivity (Wildman–Crippen MR) is 87.2 cm³/mol. The first-order valence-electron chi connectivity index (χ1n) is 7.89. The smallest absolute Gasteiger partial charge is 0.238 e. The SMILES string of the molecule is CSc1ccc(C2NCC(=O)N2C2CCCCC2C)cc1. The van der Waals surface area contributed by atoms with Gasteiger partial charge in [0.25, 0.3) is 0 Å². The van der Waals surface area contributed by atoms with Crippen LogP contribution in [0.1, 0.15) is 44.3 Å². The number of amides is 1. The van der Waals surface area contributed by atoms with Crippen molar-refractivity contribution in [3.8, 4) is 0 Å². The summed E-state index contributed by atoms with van der Waals surface area (Å²) in [6.07, 6.45) is 7.08. The summed E-state index contributed by atoms with van der Waals surface area (Å²) in [7, 11) is 0. The third-order valence-corrected chi connectivity index (χ3v) is 5.61. The Labute approximate surface area is 131 Å². The van der Waals surface area contributed by atoms with Crippen LogP contribution in [0.15, 0.2) is 29.2 Å². The zero-order valence-corrected chi connectivity index (χ0v) is 13.7. The van der Waals surface area contributed by atoms with E-state index < -0.39 is 0 Å². The Morgan fingerprint density at radius 2 is 1.90 bits per heavy atom. The molecule has 1 heterocycles. The molecule has 0 aromatic heterocycles. The molecule has 0 spiro atoms. The molecule has 1 aliphatic carbocycles. The van der Waals surface area contributed by atoms with Crippen LogP contribution in [0.5, 0.6) is 0 Å². The molecular formula is C17H24N2OS. The van der Waals surface area contributed by atoms with Gasteiger partial charge in [-0.25, -0.2) is 0 Å². The standard InChI is InChI=1S/C17H24N2OS/c1-12-5-3-4-6-15(12)19-16(20)11-18-17(19)13-7-9-14(21-2)10-8-13/h7-10,12,15,17-18H,3-6,11H2,1-2H3. The number of nitrogens with one attached hydrogen (secondary N) is 1. The third kappa shape index (κ3) is 2.97. The highest BCUT2D eigenvalue weighted by molar-refractivity contribution is 7.98. The normalized spacial score (nSPS) is 29.9. The molecule has 0 radical (unpaired) electrons. The molecule has 2 aliphatic rings. The average molecular weight is 304 g/mol. The van der Waals surface area contributed by atoms with Crippen molar-refractivity contribution in [3.63, 3.8) is 0 Å². The van der Waals surface area contributed by atoms with E-state index in [1.165, 1.54) is 29.7 Å². The Morgan fingerprint density at radius 1 is 1.19 bits per heavy atom. The third-order valence-electron chi connectivity index (χ3n) is 4.87. The fourth-order valence-electron chi connectivity index (χ4n) is 3.67. The highest BCUT2D eigenvalue weighted by atomic mass is 32.2. The van der Waals surface area contributed by atoms with Gasteiger partial charge in [0.2, 0.25) is 5.91 Å². The number of carbonyl (C=O) groups is 1. The zero-order valence-electron chi connectivity index (χ0n) is 12.8. The van der Waals surface area contributed by atoms with Crippen molar-refractivity contribution in [2.75, 3.05) is 12.8 Å². The number of benzene rings is 1. The van der Waals surface area contributed by atoms with Crippen molar-refractivity contribution in [1.29, 1.82) is 0 Å². The van der Waals surface area contributed by atoms with Crippen LogP contribution in [-0.4, -0.2) is 29.6 Å². The Bertz CT molecular complexity index is 502. The summed E-state index contributed by atoms with van der Waals surface area (Å²) in [5.41, 5.74) is 1.21.